The van der Waals surface area contributed by atoms with E-state index in [1.54, 1.807) is 24.5 Å². The number of nitro benzene ring substituents is 1. The molecule has 2 aliphatic rings. The monoisotopic (exact) mass is 444 g/mol. The van der Waals surface area contributed by atoms with Gasteiger partial charge in [-0.1, -0.05) is 11.6 Å². The van der Waals surface area contributed by atoms with Crippen LogP contribution in [-0.4, -0.2) is 37.4 Å². The van der Waals surface area contributed by atoms with Gasteiger partial charge in [-0.2, -0.15) is 0 Å². The van der Waals surface area contributed by atoms with Gasteiger partial charge in [-0.05, 0) is 55.2 Å². The van der Waals surface area contributed by atoms with Crippen LogP contribution in [0.2, 0.25) is 5.02 Å². The summed E-state index contributed by atoms with van der Waals surface area (Å²) in [5.41, 5.74) is 0.826. The van der Waals surface area contributed by atoms with E-state index < -0.39 is 0 Å². The number of nitro groups is 1. The largest absolute Gasteiger partial charge is 0.493 e. The van der Waals surface area contributed by atoms with Crippen LogP contribution < -0.4 is 25.0 Å². The highest BCUT2D eigenvalue weighted by atomic mass is 35.5. The molecular formula is C22H25ClN4O4. The standard InChI is InChI=1S/C22H25ClN4O4/c23-17-1-4-19(5-2-17)30-14-16-7-11-26(12-8-16)18-3-6-21(20(13-18)27(28)29)31-15-22-24-9-10-25-22/h1-6,9-10,13,16,22,24-25H,7-8,11-12,14-15H2. The number of nitrogens with zero attached hydrogens (tertiary/aromatic N) is 2. The normalized spacial score (nSPS) is 16.6. The van der Waals surface area contributed by atoms with Gasteiger partial charge in [0.2, 0.25) is 0 Å². The molecule has 2 heterocycles. The van der Waals surface area contributed by atoms with E-state index in [1.807, 2.05) is 30.3 Å². The maximum absolute atomic E-state index is 11.6. The molecule has 0 saturated carbocycles. The van der Waals surface area contributed by atoms with E-state index in [2.05, 4.69) is 15.5 Å². The summed E-state index contributed by atoms with van der Waals surface area (Å²) in [7, 11) is 0. The smallest absolute Gasteiger partial charge is 0.312 e. The predicted molar refractivity (Wildman–Crippen MR) is 120 cm³/mol. The van der Waals surface area contributed by atoms with Gasteiger partial charge >= 0.3 is 5.69 Å². The Morgan fingerprint density at radius 1 is 1.03 bits per heavy atom. The summed E-state index contributed by atoms with van der Waals surface area (Å²) in [5, 5.41) is 18.4. The molecule has 1 saturated heterocycles. The first-order chi connectivity index (χ1) is 15.1. The molecule has 1 fully saturated rings. The van der Waals surface area contributed by atoms with Crippen molar-refractivity contribution in [1.29, 1.82) is 0 Å². The van der Waals surface area contributed by atoms with Crippen molar-refractivity contribution in [3.05, 3.63) is 70.0 Å². The fourth-order valence-electron chi connectivity index (χ4n) is 3.72. The summed E-state index contributed by atoms with van der Waals surface area (Å²) < 4.78 is 11.6. The highest BCUT2D eigenvalue weighted by Crippen LogP contribution is 2.33. The number of hydrogen-bond acceptors (Lipinski definition) is 7. The highest BCUT2D eigenvalue weighted by molar-refractivity contribution is 6.30. The summed E-state index contributed by atoms with van der Waals surface area (Å²) in [5.74, 6) is 1.54. The van der Waals surface area contributed by atoms with Crippen LogP contribution in [0.3, 0.4) is 0 Å². The number of halogens is 1. The third-order valence-electron chi connectivity index (χ3n) is 5.50. The van der Waals surface area contributed by atoms with Gasteiger partial charge < -0.3 is 25.0 Å². The first-order valence-corrected chi connectivity index (χ1v) is 10.7. The number of rotatable bonds is 8. The lowest BCUT2D eigenvalue weighted by molar-refractivity contribution is -0.385. The molecule has 164 valence electrons. The second-order valence-electron chi connectivity index (χ2n) is 7.63. The topological polar surface area (TPSA) is 88.9 Å². The van der Waals surface area contributed by atoms with Crippen LogP contribution >= 0.6 is 11.6 Å². The van der Waals surface area contributed by atoms with E-state index in [-0.39, 0.29) is 29.1 Å². The second-order valence-corrected chi connectivity index (χ2v) is 8.07. The van der Waals surface area contributed by atoms with Gasteiger partial charge in [0, 0.05) is 42.3 Å². The Labute approximate surface area is 185 Å². The number of ether oxygens (including phenoxy) is 2. The Morgan fingerprint density at radius 2 is 1.74 bits per heavy atom. The van der Waals surface area contributed by atoms with Crippen molar-refractivity contribution < 1.29 is 14.4 Å². The minimum absolute atomic E-state index is 0.0170. The molecular weight excluding hydrogens is 420 g/mol. The van der Waals surface area contributed by atoms with E-state index in [1.165, 1.54) is 0 Å². The summed E-state index contributed by atoms with van der Waals surface area (Å²) in [6, 6.07) is 12.6. The van der Waals surface area contributed by atoms with Gasteiger partial charge in [-0.15, -0.1) is 0 Å². The van der Waals surface area contributed by atoms with Crippen LogP contribution in [0.1, 0.15) is 12.8 Å². The zero-order valence-corrected chi connectivity index (χ0v) is 17.8. The van der Waals surface area contributed by atoms with E-state index >= 15 is 0 Å². The predicted octanol–water partition coefficient (Wildman–Crippen LogP) is 3.91. The van der Waals surface area contributed by atoms with Crippen molar-refractivity contribution >= 4 is 23.0 Å². The van der Waals surface area contributed by atoms with E-state index in [0.29, 0.717) is 17.5 Å². The minimum atomic E-state index is -0.390. The zero-order chi connectivity index (χ0) is 21.6. The molecule has 31 heavy (non-hydrogen) atoms. The number of nitrogens with one attached hydrogen (secondary N) is 2. The summed E-state index contributed by atoms with van der Waals surface area (Å²) >= 11 is 5.90. The molecule has 0 spiro atoms. The van der Waals surface area contributed by atoms with Gasteiger partial charge in [0.25, 0.3) is 0 Å². The number of anilines is 1. The van der Waals surface area contributed by atoms with Crippen molar-refractivity contribution in [3.8, 4) is 11.5 Å². The molecule has 2 aromatic carbocycles. The Morgan fingerprint density at radius 3 is 2.42 bits per heavy atom. The lowest BCUT2D eigenvalue weighted by Gasteiger charge is -2.33. The summed E-state index contributed by atoms with van der Waals surface area (Å²) in [4.78, 5) is 13.4. The molecule has 0 atom stereocenters. The molecule has 0 radical (unpaired) electrons. The van der Waals surface area contributed by atoms with Crippen molar-refractivity contribution in [2.45, 2.75) is 19.0 Å². The lowest BCUT2D eigenvalue weighted by atomic mass is 9.97. The average molecular weight is 445 g/mol. The van der Waals surface area contributed by atoms with Crippen molar-refractivity contribution in [3.63, 3.8) is 0 Å². The van der Waals surface area contributed by atoms with Crippen molar-refractivity contribution in [1.82, 2.24) is 10.6 Å². The number of piperidine rings is 1. The van der Waals surface area contributed by atoms with Crippen LogP contribution in [0.25, 0.3) is 0 Å². The minimum Gasteiger partial charge on any atom is -0.493 e. The van der Waals surface area contributed by atoms with Gasteiger partial charge in [-0.25, -0.2) is 0 Å². The molecule has 0 aromatic heterocycles. The SMILES string of the molecule is O=[N+]([O-])c1cc(N2CCC(COc3ccc(Cl)cc3)CC2)ccc1OCC1NC=CN1. The Kier molecular flexibility index (Phi) is 6.66. The van der Waals surface area contributed by atoms with Crippen LogP contribution in [0, 0.1) is 16.0 Å². The Balaban J connectivity index is 1.31. The molecule has 0 unspecified atom stereocenters. The fourth-order valence-corrected chi connectivity index (χ4v) is 3.84. The maximum Gasteiger partial charge on any atom is 0.312 e. The maximum atomic E-state index is 11.6. The zero-order valence-electron chi connectivity index (χ0n) is 17.0. The second kappa shape index (κ2) is 9.78. The molecule has 9 heteroatoms. The number of benzene rings is 2. The van der Waals surface area contributed by atoms with E-state index in [0.717, 1.165) is 37.4 Å². The fraction of sp³-hybridized carbons (Fsp3) is 0.364. The van der Waals surface area contributed by atoms with E-state index in [4.69, 9.17) is 21.1 Å². The first kappa shape index (κ1) is 21.1. The molecule has 2 N–H and O–H groups in total. The lowest BCUT2D eigenvalue weighted by Crippen LogP contribution is -2.36. The van der Waals surface area contributed by atoms with Crippen LogP contribution in [0.4, 0.5) is 11.4 Å². The van der Waals surface area contributed by atoms with Crippen LogP contribution in [-0.2, 0) is 0 Å². The van der Waals surface area contributed by atoms with Crippen molar-refractivity contribution in [2.75, 3.05) is 31.2 Å². The molecule has 0 amide bonds. The third-order valence-corrected chi connectivity index (χ3v) is 5.75. The number of hydrogen-bond donors (Lipinski definition) is 2. The Bertz CT molecular complexity index is 922. The molecule has 2 aromatic rings. The van der Waals surface area contributed by atoms with Gasteiger partial charge in [-0.3, -0.25) is 10.1 Å². The first-order valence-electron chi connectivity index (χ1n) is 10.3. The van der Waals surface area contributed by atoms with Gasteiger partial charge in [0.1, 0.15) is 18.5 Å². The highest BCUT2D eigenvalue weighted by Gasteiger charge is 2.24. The summed E-state index contributed by atoms with van der Waals surface area (Å²) in [6.45, 7) is 2.59. The van der Waals surface area contributed by atoms with Gasteiger partial charge in [0.15, 0.2) is 5.75 Å². The molecule has 4 rings (SSSR count). The summed E-state index contributed by atoms with van der Waals surface area (Å²) in [6.07, 6.45) is 5.39. The third kappa shape index (κ3) is 5.52. The molecule has 2 aliphatic heterocycles. The quantitative estimate of drug-likeness (QED) is 0.471. The van der Waals surface area contributed by atoms with Crippen LogP contribution in [0.5, 0.6) is 11.5 Å². The molecule has 8 nitrogen and oxygen atoms in total. The van der Waals surface area contributed by atoms with Crippen molar-refractivity contribution in [2.24, 2.45) is 5.92 Å². The van der Waals surface area contributed by atoms with E-state index in [9.17, 15) is 10.1 Å². The molecule has 0 aliphatic carbocycles. The molecule has 0 bridgehead atoms. The van der Waals surface area contributed by atoms with Gasteiger partial charge in [0.05, 0.1) is 11.5 Å². The van der Waals surface area contributed by atoms with Crippen LogP contribution in [0.15, 0.2) is 54.9 Å². The average Bonchev–Trinajstić information content (AvgIpc) is 3.31. The Hall–Kier alpha value is -3.13.